The van der Waals surface area contributed by atoms with Crippen LogP contribution in [-0.4, -0.2) is 63.8 Å². The standard InChI is InChI=1S/C35H44N6O7/c1-22(2)46-20-27(48-23(3)4)21-47-35-28-10-8-16-40-15-7-9-24(34(28)40)17-31(35)39-38-30-19-32(44-5)29(18-33(30)45-6)37-36-25-11-13-26(14-12-25)41(42)43/h11-14,17-19,22-23,27H,7-10,15-16,20-21H2,1-6H3/b37-36+,39-38+. The quantitative estimate of drug-likeness (QED) is 0.0895. The lowest BCUT2D eigenvalue weighted by molar-refractivity contribution is -0.384. The summed E-state index contributed by atoms with van der Waals surface area (Å²) in [6.07, 6.45) is 3.82. The van der Waals surface area contributed by atoms with E-state index in [0.717, 1.165) is 44.3 Å². The van der Waals surface area contributed by atoms with E-state index in [1.54, 1.807) is 12.1 Å². The average Bonchev–Trinajstić information content (AvgIpc) is 3.08. The van der Waals surface area contributed by atoms with Crippen LogP contribution in [-0.2, 0) is 22.3 Å². The minimum atomic E-state index is -0.466. The second kappa shape index (κ2) is 16.0. The molecule has 0 fully saturated rings. The van der Waals surface area contributed by atoms with Crippen LogP contribution in [0.2, 0.25) is 0 Å². The predicted octanol–water partition coefficient (Wildman–Crippen LogP) is 8.74. The van der Waals surface area contributed by atoms with Crippen molar-refractivity contribution in [3.63, 3.8) is 0 Å². The number of azo groups is 2. The van der Waals surface area contributed by atoms with Crippen molar-refractivity contribution in [2.24, 2.45) is 20.5 Å². The first-order valence-electron chi connectivity index (χ1n) is 16.3. The summed E-state index contributed by atoms with van der Waals surface area (Å²) in [6, 6.07) is 11.2. The minimum Gasteiger partial charge on any atom is -0.494 e. The van der Waals surface area contributed by atoms with Crippen LogP contribution in [0.15, 0.2) is 62.9 Å². The molecule has 3 aromatic rings. The summed E-state index contributed by atoms with van der Waals surface area (Å²) in [4.78, 5) is 13.0. The summed E-state index contributed by atoms with van der Waals surface area (Å²) in [7, 11) is 3.07. The van der Waals surface area contributed by atoms with Gasteiger partial charge in [0, 0.05) is 48.6 Å². The first-order chi connectivity index (χ1) is 23.2. The van der Waals surface area contributed by atoms with Gasteiger partial charge >= 0.3 is 0 Å². The lowest BCUT2D eigenvalue weighted by atomic mass is 9.90. The third kappa shape index (κ3) is 8.45. The first-order valence-corrected chi connectivity index (χ1v) is 16.3. The highest BCUT2D eigenvalue weighted by Gasteiger charge is 2.29. The second-order valence-electron chi connectivity index (χ2n) is 12.3. The van der Waals surface area contributed by atoms with Crippen molar-refractivity contribution in [2.45, 2.75) is 71.7 Å². The van der Waals surface area contributed by atoms with Crippen molar-refractivity contribution in [2.75, 3.05) is 45.4 Å². The number of methoxy groups -OCH3 is 2. The van der Waals surface area contributed by atoms with E-state index in [9.17, 15) is 10.1 Å². The number of nitrogens with zero attached hydrogens (tertiary/aromatic N) is 6. The Morgan fingerprint density at radius 2 is 1.44 bits per heavy atom. The van der Waals surface area contributed by atoms with Crippen LogP contribution in [0, 0.1) is 10.1 Å². The smallest absolute Gasteiger partial charge is 0.269 e. The van der Waals surface area contributed by atoms with Crippen LogP contribution in [0.3, 0.4) is 0 Å². The van der Waals surface area contributed by atoms with Crippen LogP contribution in [0.25, 0.3) is 0 Å². The number of non-ortho nitro benzene ring substituents is 1. The van der Waals surface area contributed by atoms with Crippen molar-refractivity contribution in [1.82, 2.24) is 0 Å². The van der Waals surface area contributed by atoms with Gasteiger partial charge in [-0.3, -0.25) is 10.1 Å². The molecule has 0 aromatic heterocycles. The van der Waals surface area contributed by atoms with E-state index < -0.39 is 4.92 Å². The summed E-state index contributed by atoms with van der Waals surface area (Å²) in [5.74, 6) is 1.54. The zero-order valence-corrected chi connectivity index (χ0v) is 28.5. The van der Waals surface area contributed by atoms with E-state index in [2.05, 4.69) is 26.3 Å². The molecule has 48 heavy (non-hydrogen) atoms. The Kier molecular flexibility index (Phi) is 11.6. The van der Waals surface area contributed by atoms with Gasteiger partial charge in [0.05, 0.1) is 43.6 Å². The van der Waals surface area contributed by atoms with Crippen molar-refractivity contribution in [3.05, 3.63) is 63.7 Å². The molecule has 0 radical (unpaired) electrons. The van der Waals surface area contributed by atoms with Crippen LogP contribution in [0.1, 0.15) is 51.7 Å². The van der Waals surface area contributed by atoms with Crippen LogP contribution < -0.4 is 19.1 Å². The molecule has 1 atom stereocenters. The lowest BCUT2D eigenvalue weighted by Gasteiger charge is -2.38. The van der Waals surface area contributed by atoms with Gasteiger partial charge < -0.3 is 28.6 Å². The van der Waals surface area contributed by atoms with E-state index in [1.807, 2.05) is 27.7 Å². The molecule has 0 aliphatic carbocycles. The summed E-state index contributed by atoms with van der Waals surface area (Å²) in [5, 5.41) is 28.9. The number of nitro groups is 1. The number of aryl methyl sites for hydroxylation is 1. The highest BCUT2D eigenvalue weighted by Crippen LogP contribution is 2.47. The fourth-order valence-corrected chi connectivity index (χ4v) is 5.92. The summed E-state index contributed by atoms with van der Waals surface area (Å²) in [6.45, 7) is 10.8. The molecular formula is C35H44N6O7. The number of nitro benzene ring substituents is 1. The second-order valence-corrected chi connectivity index (χ2v) is 12.3. The average molecular weight is 661 g/mol. The monoisotopic (exact) mass is 660 g/mol. The Bertz CT molecular complexity index is 1640. The first kappa shape index (κ1) is 34.7. The van der Waals surface area contributed by atoms with Gasteiger partial charge in [-0.25, -0.2) is 0 Å². The molecule has 13 nitrogen and oxygen atoms in total. The molecule has 256 valence electrons. The SMILES string of the molecule is COc1cc(/N=N/c2cc3c4c(c2OCC(COC(C)C)OC(C)C)CCCN4CCC3)c(OC)cc1/N=N/c1ccc([N+](=O)[O-])cc1. The Labute approximate surface area is 281 Å². The third-order valence-corrected chi connectivity index (χ3v) is 8.03. The van der Waals surface area contributed by atoms with Crippen molar-refractivity contribution in [3.8, 4) is 17.2 Å². The molecule has 1 unspecified atom stereocenters. The molecule has 2 heterocycles. The highest BCUT2D eigenvalue weighted by atomic mass is 16.6. The van der Waals surface area contributed by atoms with Gasteiger partial charge in [0.2, 0.25) is 0 Å². The zero-order valence-electron chi connectivity index (χ0n) is 28.5. The third-order valence-electron chi connectivity index (χ3n) is 8.03. The Balaban J connectivity index is 1.47. The van der Waals surface area contributed by atoms with Crippen molar-refractivity contribution in [1.29, 1.82) is 0 Å². The fourth-order valence-electron chi connectivity index (χ4n) is 5.92. The fraction of sp³-hybridized carbons (Fsp3) is 0.486. The van der Waals surface area contributed by atoms with E-state index in [1.165, 1.54) is 49.7 Å². The number of hydrogen-bond donors (Lipinski definition) is 0. The van der Waals surface area contributed by atoms with E-state index in [0.29, 0.717) is 53.2 Å². The predicted molar refractivity (Wildman–Crippen MR) is 183 cm³/mol. The molecule has 0 amide bonds. The molecule has 0 N–H and O–H groups in total. The van der Waals surface area contributed by atoms with Gasteiger partial charge in [-0.2, -0.15) is 5.11 Å². The number of anilines is 1. The lowest BCUT2D eigenvalue weighted by Crippen LogP contribution is -2.35. The molecule has 2 aliphatic heterocycles. The summed E-state index contributed by atoms with van der Waals surface area (Å²) < 4.78 is 29.9. The molecule has 2 aliphatic rings. The van der Waals surface area contributed by atoms with Gasteiger partial charge in [-0.15, -0.1) is 15.3 Å². The number of ether oxygens (including phenoxy) is 5. The molecule has 0 saturated heterocycles. The summed E-state index contributed by atoms with van der Waals surface area (Å²) >= 11 is 0. The van der Waals surface area contributed by atoms with Crippen LogP contribution in [0.5, 0.6) is 17.2 Å². The maximum absolute atomic E-state index is 11.0. The molecule has 13 heteroatoms. The molecule has 3 aromatic carbocycles. The number of hydrogen-bond acceptors (Lipinski definition) is 12. The largest absolute Gasteiger partial charge is 0.494 e. The number of benzene rings is 3. The highest BCUT2D eigenvalue weighted by molar-refractivity contribution is 5.75. The van der Waals surface area contributed by atoms with Crippen molar-refractivity contribution >= 4 is 34.1 Å². The van der Waals surface area contributed by atoms with Gasteiger partial charge in [0.25, 0.3) is 5.69 Å². The minimum absolute atomic E-state index is 0.0185. The van der Waals surface area contributed by atoms with Gasteiger partial charge in [-0.1, -0.05) is 0 Å². The molecule has 5 rings (SSSR count). The Hall–Kier alpha value is -4.62. The number of rotatable bonds is 15. The van der Waals surface area contributed by atoms with Crippen LogP contribution >= 0.6 is 0 Å². The van der Waals surface area contributed by atoms with E-state index >= 15 is 0 Å². The maximum atomic E-state index is 11.0. The Morgan fingerprint density at radius 1 is 0.812 bits per heavy atom. The Morgan fingerprint density at radius 3 is 2.04 bits per heavy atom. The van der Waals surface area contributed by atoms with Crippen molar-refractivity contribution < 1.29 is 28.6 Å². The van der Waals surface area contributed by atoms with E-state index in [4.69, 9.17) is 28.8 Å². The van der Waals surface area contributed by atoms with E-state index in [-0.39, 0.29) is 24.0 Å². The summed E-state index contributed by atoms with van der Waals surface area (Å²) in [5.41, 5.74) is 5.58. The zero-order chi connectivity index (χ0) is 34.2. The van der Waals surface area contributed by atoms with Gasteiger partial charge in [0.1, 0.15) is 41.3 Å². The van der Waals surface area contributed by atoms with Gasteiger partial charge in [0.15, 0.2) is 5.75 Å². The molecule has 0 spiro atoms. The van der Waals surface area contributed by atoms with Crippen LogP contribution in [0.4, 0.5) is 34.1 Å². The topological polar surface area (TPSA) is 142 Å². The van der Waals surface area contributed by atoms with Gasteiger partial charge in [-0.05, 0) is 77.1 Å². The normalized spacial score (nSPS) is 15.0. The molecule has 0 saturated carbocycles. The molecular weight excluding hydrogens is 616 g/mol. The maximum Gasteiger partial charge on any atom is 0.269 e. The molecule has 0 bridgehead atoms.